The minimum Gasteiger partial charge on any atom is -0.503 e. The van der Waals surface area contributed by atoms with Gasteiger partial charge < -0.3 is 19.6 Å². The van der Waals surface area contributed by atoms with Crippen LogP contribution < -0.4 is 9.64 Å². The van der Waals surface area contributed by atoms with E-state index in [2.05, 4.69) is 4.98 Å². The van der Waals surface area contributed by atoms with E-state index in [-0.39, 0.29) is 17.9 Å². The van der Waals surface area contributed by atoms with Crippen molar-refractivity contribution in [1.29, 1.82) is 0 Å². The Kier molecular flexibility index (Phi) is 6.43. The zero-order chi connectivity index (χ0) is 24.6. The van der Waals surface area contributed by atoms with Crippen LogP contribution in [0.1, 0.15) is 37.5 Å². The van der Waals surface area contributed by atoms with Crippen LogP contribution in [0.15, 0.2) is 59.9 Å². The summed E-state index contributed by atoms with van der Waals surface area (Å²) in [7, 11) is 5.46. The number of hydrogen-bond acceptors (Lipinski definition) is 7. The van der Waals surface area contributed by atoms with Crippen LogP contribution in [-0.4, -0.2) is 47.9 Å². The van der Waals surface area contributed by atoms with Gasteiger partial charge in [0.25, 0.3) is 5.91 Å². The van der Waals surface area contributed by atoms with Crippen molar-refractivity contribution >= 4 is 28.7 Å². The second kappa shape index (κ2) is 9.30. The molecular weight excluding hydrogens is 450 g/mol. The standard InChI is InChI=1S/C26H27N3O4S/c1-15-25(34-16(2)27-15)23(30)21-22(17-10-12-19(13-11-17)28(3)4)29(26(32)24(21)31)14-18-8-6-7-9-20(18)33-5/h6-13,22,31H,14H2,1-5H3. The van der Waals surface area contributed by atoms with Crippen molar-refractivity contribution in [2.75, 3.05) is 26.1 Å². The Balaban J connectivity index is 1.82. The third-order valence-corrected chi connectivity index (χ3v) is 6.99. The SMILES string of the molecule is COc1ccccc1CN1C(=O)C(O)=C(C(=O)c2sc(C)nc2C)C1c1ccc(N(C)C)cc1. The average molecular weight is 478 g/mol. The molecule has 8 heteroatoms. The van der Waals surface area contributed by atoms with Gasteiger partial charge in [-0.2, -0.15) is 0 Å². The van der Waals surface area contributed by atoms with E-state index in [1.54, 1.807) is 14.0 Å². The smallest absolute Gasteiger partial charge is 0.290 e. The lowest BCUT2D eigenvalue weighted by Crippen LogP contribution is -2.31. The Morgan fingerprint density at radius 3 is 2.41 bits per heavy atom. The molecule has 0 fully saturated rings. The third kappa shape index (κ3) is 4.17. The molecule has 3 aromatic rings. The molecule has 1 N–H and O–H groups in total. The molecule has 1 aliphatic rings. The molecule has 7 nitrogen and oxygen atoms in total. The summed E-state index contributed by atoms with van der Waals surface area (Å²) < 4.78 is 5.47. The topological polar surface area (TPSA) is 83.0 Å². The quantitative estimate of drug-likeness (QED) is 0.500. The number of amides is 1. The minimum absolute atomic E-state index is 0.0734. The molecule has 1 amide bonds. The van der Waals surface area contributed by atoms with Crippen LogP contribution in [0, 0.1) is 13.8 Å². The number of hydrogen-bond donors (Lipinski definition) is 1. The van der Waals surface area contributed by atoms with Gasteiger partial charge in [-0.1, -0.05) is 30.3 Å². The number of carbonyl (C=O) groups excluding carboxylic acids is 2. The number of ether oxygens (including phenoxy) is 1. The number of aliphatic hydroxyl groups excluding tert-OH is 1. The number of benzene rings is 2. The highest BCUT2D eigenvalue weighted by molar-refractivity contribution is 7.14. The lowest BCUT2D eigenvalue weighted by Gasteiger charge is -2.28. The molecule has 1 atom stereocenters. The number of ketones is 1. The number of aromatic nitrogens is 1. The van der Waals surface area contributed by atoms with Gasteiger partial charge in [0.1, 0.15) is 5.75 Å². The lowest BCUT2D eigenvalue weighted by atomic mass is 9.94. The van der Waals surface area contributed by atoms with Crippen molar-refractivity contribution in [2.24, 2.45) is 0 Å². The molecule has 1 unspecified atom stereocenters. The second-order valence-corrected chi connectivity index (χ2v) is 9.58. The molecule has 0 aliphatic carbocycles. The van der Waals surface area contributed by atoms with E-state index in [0.717, 1.165) is 21.8 Å². The largest absolute Gasteiger partial charge is 0.503 e. The molecule has 1 aromatic heterocycles. The van der Waals surface area contributed by atoms with Gasteiger partial charge in [-0.25, -0.2) is 4.98 Å². The number of anilines is 1. The lowest BCUT2D eigenvalue weighted by molar-refractivity contribution is -0.130. The van der Waals surface area contributed by atoms with Gasteiger partial charge in [-0.3, -0.25) is 9.59 Å². The number of aryl methyl sites for hydroxylation is 2. The average Bonchev–Trinajstić information content (AvgIpc) is 3.29. The Morgan fingerprint density at radius 2 is 1.82 bits per heavy atom. The first-order valence-corrected chi connectivity index (χ1v) is 11.7. The van der Waals surface area contributed by atoms with Crippen molar-refractivity contribution in [1.82, 2.24) is 9.88 Å². The van der Waals surface area contributed by atoms with Crippen LogP contribution >= 0.6 is 11.3 Å². The fourth-order valence-corrected chi connectivity index (χ4v) is 5.11. The van der Waals surface area contributed by atoms with E-state index in [9.17, 15) is 14.7 Å². The molecule has 34 heavy (non-hydrogen) atoms. The van der Waals surface area contributed by atoms with Crippen LogP contribution in [0.3, 0.4) is 0 Å². The van der Waals surface area contributed by atoms with Crippen molar-refractivity contribution < 1.29 is 19.4 Å². The van der Waals surface area contributed by atoms with E-state index >= 15 is 0 Å². The van der Waals surface area contributed by atoms with Gasteiger partial charge >= 0.3 is 0 Å². The third-order valence-electron chi connectivity index (χ3n) is 5.92. The predicted octanol–water partition coefficient (Wildman–Crippen LogP) is 4.61. The highest BCUT2D eigenvalue weighted by atomic mass is 32.1. The minimum atomic E-state index is -0.747. The van der Waals surface area contributed by atoms with Crippen LogP contribution in [0.5, 0.6) is 5.75 Å². The molecule has 176 valence electrons. The maximum absolute atomic E-state index is 13.7. The first-order valence-electron chi connectivity index (χ1n) is 10.8. The number of aliphatic hydroxyl groups is 1. The van der Waals surface area contributed by atoms with E-state index in [4.69, 9.17) is 4.74 Å². The first kappa shape index (κ1) is 23.5. The molecule has 0 saturated carbocycles. The van der Waals surface area contributed by atoms with Crippen molar-refractivity contribution in [3.63, 3.8) is 0 Å². The zero-order valence-electron chi connectivity index (χ0n) is 19.8. The molecule has 0 spiro atoms. The summed E-state index contributed by atoms with van der Waals surface area (Å²) in [6.45, 7) is 3.76. The fraction of sp³-hybridized carbons (Fsp3) is 0.269. The first-order chi connectivity index (χ1) is 16.2. The Bertz CT molecular complexity index is 1280. The molecule has 2 aromatic carbocycles. The highest BCUT2D eigenvalue weighted by Gasteiger charge is 2.44. The van der Waals surface area contributed by atoms with Gasteiger partial charge in [0.2, 0.25) is 5.78 Å². The molecular formula is C26H27N3O4S. The molecule has 4 rings (SSSR count). The van der Waals surface area contributed by atoms with Crippen LogP contribution in [0.4, 0.5) is 5.69 Å². The van der Waals surface area contributed by atoms with Crippen LogP contribution in [0.25, 0.3) is 0 Å². The van der Waals surface area contributed by atoms with Gasteiger partial charge in [-0.15, -0.1) is 11.3 Å². The van der Waals surface area contributed by atoms with Gasteiger partial charge in [-0.05, 0) is 37.6 Å². The van der Waals surface area contributed by atoms with E-state index in [1.165, 1.54) is 16.2 Å². The van der Waals surface area contributed by atoms with E-state index in [1.807, 2.05) is 74.4 Å². The summed E-state index contributed by atoms with van der Waals surface area (Å²) >= 11 is 1.27. The zero-order valence-corrected chi connectivity index (χ0v) is 20.6. The molecule has 0 saturated heterocycles. The number of carbonyl (C=O) groups is 2. The molecule has 0 radical (unpaired) electrons. The summed E-state index contributed by atoms with van der Waals surface area (Å²) in [5.74, 6) is -0.856. The summed E-state index contributed by atoms with van der Waals surface area (Å²) in [4.78, 5) is 35.3. The molecule has 2 heterocycles. The van der Waals surface area contributed by atoms with Crippen molar-refractivity contribution in [3.8, 4) is 5.75 Å². The summed E-state index contributed by atoms with van der Waals surface area (Å²) in [5.41, 5.74) is 3.16. The summed E-state index contributed by atoms with van der Waals surface area (Å²) in [6.07, 6.45) is 0. The van der Waals surface area contributed by atoms with Crippen molar-refractivity contribution in [2.45, 2.75) is 26.4 Å². The van der Waals surface area contributed by atoms with Gasteiger partial charge in [0, 0.05) is 25.3 Å². The monoisotopic (exact) mass is 477 g/mol. The molecule has 0 bridgehead atoms. The number of rotatable bonds is 7. The number of thiazole rings is 1. The van der Waals surface area contributed by atoms with Crippen molar-refractivity contribution in [3.05, 3.63) is 86.6 Å². The maximum atomic E-state index is 13.7. The second-order valence-electron chi connectivity index (χ2n) is 8.37. The summed E-state index contributed by atoms with van der Waals surface area (Å²) in [5, 5.41) is 11.7. The number of para-hydroxylation sites is 1. The number of nitrogens with zero attached hydrogens (tertiary/aromatic N) is 3. The normalized spacial score (nSPS) is 15.7. The van der Waals surface area contributed by atoms with Crippen LogP contribution in [-0.2, 0) is 11.3 Å². The Labute approximate surface area is 202 Å². The molecule has 1 aliphatic heterocycles. The highest BCUT2D eigenvalue weighted by Crippen LogP contribution is 2.42. The number of Topliss-reactive ketones (excluding diaryl/α,β-unsaturated/α-hetero) is 1. The Morgan fingerprint density at radius 1 is 1.15 bits per heavy atom. The van der Waals surface area contributed by atoms with Crippen LogP contribution in [0.2, 0.25) is 0 Å². The fourth-order valence-electron chi connectivity index (χ4n) is 4.23. The maximum Gasteiger partial charge on any atom is 0.290 e. The van der Waals surface area contributed by atoms with Gasteiger partial charge in [0.15, 0.2) is 5.76 Å². The Hall–Kier alpha value is -3.65. The van der Waals surface area contributed by atoms with E-state index < -0.39 is 17.7 Å². The predicted molar refractivity (Wildman–Crippen MR) is 133 cm³/mol. The number of methoxy groups -OCH3 is 1. The van der Waals surface area contributed by atoms with Gasteiger partial charge in [0.05, 0.1) is 40.8 Å². The van der Waals surface area contributed by atoms with E-state index in [0.29, 0.717) is 16.3 Å². The summed E-state index contributed by atoms with van der Waals surface area (Å²) in [6, 6.07) is 14.3.